The normalized spacial score (nSPS) is 26.6. The number of anilines is 2. The van der Waals surface area contributed by atoms with Crippen molar-refractivity contribution in [3.63, 3.8) is 0 Å². The van der Waals surface area contributed by atoms with Gasteiger partial charge in [0.25, 0.3) is 0 Å². The molecule has 0 aliphatic carbocycles. The van der Waals surface area contributed by atoms with Crippen LogP contribution in [0, 0.1) is 5.82 Å². The third-order valence-corrected chi connectivity index (χ3v) is 6.76. The Morgan fingerprint density at radius 2 is 2.26 bits per heavy atom. The molecule has 3 heterocycles. The van der Waals surface area contributed by atoms with Crippen LogP contribution in [0.5, 0.6) is 0 Å². The summed E-state index contributed by atoms with van der Waals surface area (Å²) >= 11 is 1.89. The van der Waals surface area contributed by atoms with E-state index in [1.807, 2.05) is 18.7 Å². The third kappa shape index (κ3) is 3.59. The van der Waals surface area contributed by atoms with Gasteiger partial charge in [-0.2, -0.15) is 0 Å². The third-order valence-electron chi connectivity index (χ3n) is 5.33. The standard InChI is InChI=1S/C19H24FN3O3S/c1-2-3-17(24)21-9-14-10-22(19(25)26-14)12-4-6-16(15(20)8-12)23-13-5-7-18(23)27-11-13/h4,6,8,13-14,18H,2-3,5,7,9-11H2,1H3,(H,21,24)/t13?,14-,18?/m0/s1. The number of hydrogen-bond acceptors (Lipinski definition) is 5. The Kier molecular flexibility index (Phi) is 5.16. The maximum Gasteiger partial charge on any atom is 0.414 e. The average molecular weight is 393 g/mol. The highest BCUT2D eigenvalue weighted by Gasteiger charge is 2.41. The van der Waals surface area contributed by atoms with Crippen LogP contribution in [0.2, 0.25) is 0 Å². The number of nitrogens with zero attached hydrogens (tertiary/aromatic N) is 2. The number of fused-ring (bicyclic) bond motifs is 2. The van der Waals surface area contributed by atoms with Gasteiger partial charge in [-0.25, -0.2) is 9.18 Å². The minimum atomic E-state index is -0.506. The van der Waals surface area contributed by atoms with Crippen LogP contribution in [0.4, 0.5) is 20.6 Å². The number of hydrogen-bond donors (Lipinski definition) is 1. The first-order chi connectivity index (χ1) is 13.1. The zero-order valence-electron chi connectivity index (χ0n) is 15.3. The van der Waals surface area contributed by atoms with Crippen molar-refractivity contribution in [3.05, 3.63) is 24.0 Å². The second-order valence-electron chi connectivity index (χ2n) is 7.23. The minimum absolute atomic E-state index is 0.0551. The van der Waals surface area contributed by atoms with Crippen molar-refractivity contribution in [2.24, 2.45) is 0 Å². The summed E-state index contributed by atoms with van der Waals surface area (Å²) in [6.07, 6.45) is 2.50. The topological polar surface area (TPSA) is 61.9 Å². The van der Waals surface area contributed by atoms with Crippen LogP contribution in [-0.4, -0.2) is 48.4 Å². The molecule has 0 saturated carbocycles. The van der Waals surface area contributed by atoms with Crippen molar-refractivity contribution in [1.82, 2.24) is 5.32 Å². The number of halogens is 1. The summed E-state index contributed by atoms with van der Waals surface area (Å²) in [7, 11) is 0. The van der Waals surface area contributed by atoms with Crippen LogP contribution in [0.15, 0.2) is 18.2 Å². The van der Waals surface area contributed by atoms with E-state index in [1.54, 1.807) is 12.1 Å². The van der Waals surface area contributed by atoms with Crippen molar-refractivity contribution >= 4 is 35.1 Å². The summed E-state index contributed by atoms with van der Waals surface area (Å²) in [4.78, 5) is 27.4. The first-order valence-corrected chi connectivity index (χ1v) is 10.6. The number of ether oxygens (including phenoxy) is 1. The van der Waals surface area contributed by atoms with Gasteiger partial charge < -0.3 is 15.0 Å². The molecule has 6 nitrogen and oxygen atoms in total. The van der Waals surface area contributed by atoms with Crippen LogP contribution in [0.3, 0.4) is 0 Å². The molecule has 0 aromatic heterocycles. The molecule has 1 aromatic carbocycles. The zero-order valence-corrected chi connectivity index (χ0v) is 16.1. The molecule has 2 amide bonds. The summed E-state index contributed by atoms with van der Waals surface area (Å²) in [5, 5.41) is 3.13. The first-order valence-electron chi connectivity index (χ1n) is 9.51. The number of carbonyl (C=O) groups is 2. The van der Waals surface area contributed by atoms with Gasteiger partial charge in [0.1, 0.15) is 11.9 Å². The Hall–Kier alpha value is -1.96. The van der Waals surface area contributed by atoms with Crippen LogP contribution >= 0.6 is 11.8 Å². The van der Waals surface area contributed by atoms with Gasteiger partial charge in [0.15, 0.2) is 0 Å². The molecule has 2 unspecified atom stereocenters. The monoisotopic (exact) mass is 393 g/mol. The van der Waals surface area contributed by atoms with Crippen molar-refractivity contribution in [2.45, 2.75) is 50.1 Å². The molecule has 146 valence electrons. The average Bonchev–Trinajstić information content (AvgIpc) is 3.34. The van der Waals surface area contributed by atoms with Crippen molar-refractivity contribution < 1.29 is 18.7 Å². The number of benzene rings is 1. The van der Waals surface area contributed by atoms with E-state index in [0.717, 1.165) is 25.0 Å². The Balaban J connectivity index is 1.42. The highest BCUT2D eigenvalue weighted by atomic mass is 32.2. The molecule has 3 fully saturated rings. The Bertz CT molecular complexity index is 727. The Labute approximate surface area is 162 Å². The highest BCUT2D eigenvalue weighted by Crippen LogP contribution is 2.45. The number of rotatable bonds is 6. The number of nitrogens with one attached hydrogen (secondary N) is 1. The molecule has 3 saturated heterocycles. The quantitative estimate of drug-likeness (QED) is 0.805. The lowest BCUT2D eigenvalue weighted by molar-refractivity contribution is -0.121. The smallest absolute Gasteiger partial charge is 0.414 e. The number of cyclic esters (lactones) is 1. The molecular formula is C19H24FN3O3S. The van der Waals surface area contributed by atoms with Gasteiger partial charge in [-0.1, -0.05) is 6.92 Å². The molecule has 1 aromatic rings. The van der Waals surface area contributed by atoms with Crippen LogP contribution in [0.1, 0.15) is 32.6 Å². The molecular weight excluding hydrogens is 369 g/mol. The van der Waals surface area contributed by atoms with Crippen molar-refractivity contribution in [2.75, 3.05) is 28.6 Å². The first kappa shape index (κ1) is 18.4. The Morgan fingerprint density at radius 1 is 1.41 bits per heavy atom. The molecule has 1 N–H and O–H groups in total. The summed E-state index contributed by atoms with van der Waals surface area (Å²) in [6, 6.07) is 5.37. The molecule has 0 spiro atoms. The van der Waals surface area contributed by atoms with E-state index in [0.29, 0.717) is 35.8 Å². The molecule has 2 bridgehead atoms. The lowest BCUT2D eigenvalue weighted by Crippen LogP contribution is -2.34. The number of thioether (sulfide) groups is 1. The van der Waals surface area contributed by atoms with Gasteiger partial charge in [0.2, 0.25) is 5.91 Å². The molecule has 8 heteroatoms. The predicted octanol–water partition coefficient (Wildman–Crippen LogP) is 3.11. The molecule has 3 atom stereocenters. The second-order valence-corrected chi connectivity index (χ2v) is 8.44. The largest absolute Gasteiger partial charge is 0.442 e. The number of amides is 2. The fourth-order valence-electron chi connectivity index (χ4n) is 4.00. The molecule has 4 rings (SSSR count). The van der Waals surface area contributed by atoms with E-state index >= 15 is 0 Å². The van der Waals surface area contributed by atoms with Crippen LogP contribution in [-0.2, 0) is 9.53 Å². The highest BCUT2D eigenvalue weighted by molar-refractivity contribution is 8.00. The summed E-state index contributed by atoms with van der Waals surface area (Å²) in [6.45, 7) is 2.51. The van der Waals surface area contributed by atoms with Crippen molar-refractivity contribution in [1.29, 1.82) is 0 Å². The van der Waals surface area contributed by atoms with E-state index in [2.05, 4.69) is 10.2 Å². The van der Waals surface area contributed by atoms with Gasteiger partial charge in [0, 0.05) is 18.2 Å². The molecule has 3 aliphatic heterocycles. The summed E-state index contributed by atoms with van der Waals surface area (Å²) in [5.41, 5.74) is 1.11. The van der Waals surface area contributed by atoms with Gasteiger partial charge in [0.05, 0.1) is 29.8 Å². The predicted molar refractivity (Wildman–Crippen MR) is 104 cm³/mol. The van der Waals surface area contributed by atoms with E-state index in [1.165, 1.54) is 11.0 Å². The van der Waals surface area contributed by atoms with E-state index < -0.39 is 12.2 Å². The fraction of sp³-hybridized carbons (Fsp3) is 0.579. The van der Waals surface area contributed by atoms with E-state index in [4.69, 9.17) is 4.74 Å². The fourth-order valence-corrected chi connectivity index (χ4v) is 5.53. The van der Waals surface area contributed by atoms with Crippen molar-refractivity contribution in [3.8, 4) is 0 Å². The SMILES string of the molecule is CCCC(=O)NC[C@H]1CN(c2ccc(N3C4CCC3SC4)c(F)c2)C(=O)O1. The summed E-state index contributed by atoms with van der Waals surface area (Å²) in [5.74, 6) is 0.690. The van der Waals surface area contributed by atoms with Crippen LogP contribution in [0.25, 0.3) is 0 Å². The minimum Gasteiger partial charge on any atom is -0.442 e. The molecule has 27 heavy (non-hydrogen) atoms. The van der Waals surface area contributed by atoms with Gasteiger partial charge in [-0.05, 0) is 37.5 Å². The lowest BCUT2D eigenvalue weighted by Gasteiger charge is -2.25. The van der Waals surface area contributed by atoms with E-state index in [9.17, 15) is 14.0 Å². The maximum absolute atomic E-state index is 14.8. The van der Waals surface area contributed by atoms with Crippen LogP contribution < -0.4 is 15.1 Å². The zero-order chi connectivity index (χ0) is 19.0. The van der Waals surface area contributed by atoms with Gasteiger partial charge in [-0.15, -0.1) is 11.8 Å². The Morgan fingerprint density at radius 3 is 2.89 bits per heavy atom. The molecule has 0 radical (unpaired) electrons. The van der Waals surface area contributed by atoms with Gasteiger partial charge >= 0.3 is 6.09 Å². The number of carbonyl (C=O) groups excluding carboxylic acids is 2. The van der Waals surface area contributed by atoms with E-state index in [-0.39, 0.29) is 18.3 Å². The lowest BCUT2D eigenvalue weighted by atomic mass is 10.2. The summed E-state index contributed by atoms with van der Waals surface area (Å²) < 4.78 is 20.1. The van der Waals surface area contributed by atoms with Gasteiger partial charge in [-0.3, -0.25) is 9.69 Å². The second kappa shape index (κ2) is 7.58. The maximum atomic E-state index is 14.8. The molecule has 3 aliphatic rings.